The Balaban J connectivity index is 1.94. The Morgan fingerprint density at radius 3 is 2.41 bits per heavy atom. The number of amides is 1. The van der Waals surface area contributed by atoms with E-state index in [1.807, 2.05) is 0 Å². The molecule has 0 aliphatic carbocycles. The van der Waals surface area contributed by atoms with Gasteiger partial charge in [0.05, 0.1) is 7.11 Å². The summed E-state index contributed by atoms with van der Waals surface area (Å²) >= 11 is 0. The third-order valence-electron chi connectivity index (χ3n) is 3.16. The minimum atomic E-state index is -0.899. The molecule has 0 radical (unpaired) electrons. The summed E-state index contributed by atoms with van der Waals surface area (Å²) in [5.41, 5.74) is 0.997. The Morgan fingerprint density at radius 1 is 1.18 bits per heavy atom. The average molecular weight is 302 g/mol. The highest BCUT2D eigenvalue weighted by Gasteiger charge is 2.20. The number of nitrogens with one attached hydrogen (secondary N) is 1. The number of methoxy groups -OCH3 is 1. The molecule has 0 aliphatic heterocycles. The van der Waals surface area contributed by atoms with Crippen molar-refractivity contribution >= 4 is 17.6 Å². The van der Waals surface area contributed by atoms with Gasteiger partial charge >= 0.3 is 5.97 Å². The topological polar surface area (TPSA) is 69.6 Å². The monoisotopic (exact) mass is 302 g/mol. The Labute approximate surface area is 128 Å². The van der Waals surface area contributed by atoms with E-state index >= 15 is 0 Å². The second kappa shape index (κ2) is 6.80. The number of benzene rings is 1. The van der Waals surface area contributed by atoms with Gasteiger partial charge in [0, 0.05) is 18.9 Å². The highest BCUT2D eigenvalue weighted by atomic mass is 16.5. The third-order valence-corrected chi connectivity index (χ3v) is 3.16. The fraction of sp³-hybridized carbons (Fsp3) is 0.250. The van der Waals surface area contributed by atoms with E-state index in [9.17, 15) is 9.59 Å². The maximum absolute atomic E-state index is 12.0. The molecule has 0 fully saturated rings. The SMILES string of the molecule is COc1ccc(NC(=O)[C@@H](C)OC(=O)c2cccn2C)cc1. The van der Waals surface area contributed by atoms with Crippen molar-refractivity contribution in [2.75, 3.05) is 12.4 Å². The summed E-state index contributed by atoms with van der Waals surface area (Å²) in [7, 11) is 3.30. The van der Waals surface area contributed by atoms with Crippen molar-refractivity contribution in [3.8, 4) is 5.75 Å². The van der Waals surface area contributed by atoms with E-state index in [4.69, 9.17) is 9.47 Å². The number of hydrogen-bond donors (Lipinski definition) is 1. The zero-order valence-electron chi connectivity index (χ0n) is 12.7. The van der Waals surface area contributed by atoms with Gasteiger partial charge in [0.1, 0.15) is 11.4 Å². The van der Waals surface area contributed by atoms with Crippen LogP contribution in [0.5, 0.6) is 5.75 Å². The molecule has 0 unspecified atom stereocenters. The van der Waals surface area contributed by atoms with Gasteiger partial charge < -0.3 is 19.4 Å². The van der Waals surface area contributed by atoms with Gasteiger partial charge in [-0.15, -0.1) is 0 Å². The molecule has 0 saturated carbocycles. The second-order valence-corrected chi connectivity index (χ2v) is 4.77. The predicted octanol–water partition coefficient (Wildman–Crippen LogP) is 2.22. The summed E-state index contributed by atoms with van der Waals surface area (Å²) < 4.78 is 11.8. The molecule has 22 heavy (non-hydrogen) atoms. The Hall–Kier alpha value is -2.76. The molecular formula is C16H18N2O4. The summed E-state index contributed by atoms with van der Waals surface area (Å²) in [6, 6.07) is 10.3. The molecule has 1 amide bonds. The molecule has 1 N–H and O–H groups in total. The van der Waals surface area contributed by atoms with Gasteiger partial charge in [-0.05, 0) is 43.3 Å². The highest BCUT2D eigenvalue weighted by molar-refractivity contribution is 5.96. The zero-order chi connectivity index (χ0) is 16.1. The van der Waals surface area contributed by atoms with Crippen LogP contribution in [-0.4, -0.2) is 29.7 Å². The average Bonchev–Trinajstić information content (AvgIpc) is 2.94. The van der Waals surface area contributed by atoms with Crippen LogP contribution in [0, 0.1) is 0 Å². The Bertz CT molecular complexity index is 661. The molecule has 6 nitrogen and oxygen atoms in total. The van der Waals surface area contributed by atoms with Crippen molar-refractivity contribution in [3.05, 3.63) is 48.3 Å². The van der Waals surface area contributed by atoms with Crippen molar-refractivity contribution in [2.24, 2.45) is 7.05 Å². The summed E-state index contributed by atoms with van der Waals surface area (Å²) in [6.45, 7) is 1.53. The largest absolute Gasteiger partial charge is 0.497 e. The molecule has 1 heterocycles. The molecule has 2 rings (SSSR count). The van der Waals surface area contributed by atoms with Gasteiger partial charge in [0.15, 0.2) is 6.10 Å². The van der Waals surface area contributed by atoms with Crippen molar-refractivity contribution in [3.63, 3.8) is 0 Å². The molecule has 1 atom stereocenters. The van der Waals surface area contributed by atoms with Crippen molar-refractivity contribution < 1.29 is 19.1 Å². The maximum atomic E-state index is 12.0. The molecule has 1 aromatic carbocycles. The van der Waals surface area contributed by atoms with E-state index in [-0.39, 0.29) is 0 Å². The van der Waals surface area contributed by atoms with E-state index in [2.05, 4.69) is 5.32 Å². The number of ether oxygens (including phenoxy) is 2. The number of hydrogen-bond acceptors (Lipinski definition) is 4. The maximum Gasteiger partial charge on any atom is 0.355 e. The number of nitrogens with zero attached hydrogens (tertiary/aromatic N) is 1. The second-order valence-electron chi connectivity index (χ2n) is 4.77. The van der Waals surface area contributed by atoms with Crippen LogP contribution in [0.15, 0.2) is 42.6 Å². The molecular weight excluding hydrogens is 284 g/mol. The van der Waals surface area contributed by atoms with E-state index in [0.29, 0.717) is 17.1 Å². The minimum Gasteiger partial charge on any atom is -0.497 e. The summed E-state index contributed by atoms with van der Waals surface area (Å²) in [5, 5.41) is 2.68. The first kappa shape index (κ1) is 15.6. The molecule has 0 bridgehead atoms. The first-order valence-electron chi connectivity index (χ1n) is 6.78. The third kappa shape index (κ3) is 3.66. The molecule has 2 aromatic rings. The normalized spacial score (nSPS) is 11.6. The van der Waals surface area contributed by atoms with E-state index < -0.39 is 18.0 Å². The van der Waals surface area contributed by atoms with Crippen LogP contribution >= 0.6 is 0 Å². The van der Waals surface area contributed by atoms with Crippen LogP contribution in [0.1, 0.15) is 17.4 Å². The van der Waals surface area contributed by atoms with Gasteiger partial charge in [0.25, 0.3) is 5.91 Å². The lowest BCUT2D eigenvalue weighted by Crippen LogP contribution is -2.30. The molecule has 0 saturated heterocycles. The zero-order valence-corrected chi connectivity index (χ0v) is 12.7. The van der Waals surface area contributed by atoms with E-state index in [1.165, 1.54) is 6.92 Å². The fourth-order valence-corrected chi connectivity index (χ4v) is 1.87. The van der Waals surface area contributed by atoms with E-state index in [1.54, 1.807) is 61.3 Å². The molecule has 1 aromatic heterocycles. The lowest BCUT2D eigenvalue weighted by Gasteiger charge is -2.14. The quantitative estimate of drug-likeness (QED) is 0.860. The van der Waals surface area contributed by atoms with Crippen LogP contribution in [0.25, 0.3) is 0 Å². The predicted molar refractivity (Wildman–Crippen MR) is 81.9 cm³/mol. The number of anilines is 1. The number of aryl methyl sites for hydroxylation is 1. The standard InChI is InChI=1S/C16H18N2O4/c1-11(22-16(20)14-5-4-10-18(14)2)15(19)17-12-6-8-13(21-3)9-7-12/h4-11H,1-3H3,(H,17,19)/t11-/m1/s1. The van der Waals surface area contributed by atoms with Gasteiger partial charge in [-0.25, -0.2) is 4.79 Å². The fourth-order valence-electron chi connectivity index (χ4n) is 1.87. The molecule has 0 spiro atoms. The molecule has 116 valence electrons. The van der Waals surface area contributed by atoms with Crippen LogP contribution in [0.4, 0.5) is 5.69 Å². The van der Waals surface area contributed by atoms with Crippen molar-refractivity contribution in [1.29, 1.82) is 0 Å². The van der Waals surface area contributed by atoms with Crippen LogP contribution in [0.3, 0.4) is 0 Å². The summed E-state index contributed by atoms with van der Waals surface area (Å²) in [5.74, 6) is -0.237. The Morgan fingerprint density at radius 2 is 1.86 bits per heavy atom. The number of carbonyl (C=O) groups is 2. The molecule has 0 aliphatic rings. The first-order chi connectivity index (χ1) is 10.5. The lowest BCUT2D eigenvalue weighted by molar-refractivity contribution is -0.123. The molecule has 6 heteroatoms. The first-order valence-corrected chi connectivity index (χ1v) is 6.78. The Kier molecular flexibility index (Phi) is 4.83. The van der Waals surface area contributed by atoms with Gasteiger partial charge in [0.2, 0.25) is 0 Å². The summed E-state index contributed by atoms with van der Waals surface area (Å²) in [4.78, 5) is 24.0. The number of esters is 1. The van der Waals surface area contributed by atoms with Crippen LogP contribution < -0.4 is 10.1 Å². The number of carbonyl (C=O) groups excluding carboxylic acids is 2. The van der Waals surface area contributed by atoms with Crippen LogP contribution in [-0.2, 0) is 16.6 Å². The lowest BCUT2D eigenvalue weighted by atomic mass is 10.3. The highest BCUT2D eigenvalue weighted by Crippen LogP contribution is 2.15. The number of rotatable bonds is 5. The number of aromatic nitrogens is 1. The summed E-state index contributed by atoms with van der Waals surface area (Å²) in [6.07, 6.45) is 0.836. The van der Waals surface area contributed by atoms with Crippen molar-refractivity contribution in [2.45, 2.75) is 13.0 Å². The van der Waals surface area contributed by atoms with Gasteiger partial charge in [-0.2, -0.15) is 0 Å². The van der Waals surface area contributed by atoms with E-state index in [0.717, 1.165) is 0 Å². The van der Waals surface area contributed by atoms with Crippen molar-refractivity contribution in [1.82, 2.24) is 4.57 Å². The minimum absolute atomic E-state index is 0.393. The van der Waals surface area contributed by atoms with Crippen LogP contribution in [0.2, 0.25) is 0 Å². The van der Waals surface area contributed by atoms with Gasteiger partial charge in [-0.1, -0.05) is 0 Å². The van der Waals surface area contributed by atoms with Gasteiger partial charge in [-0.3, -0.25) is 4.79 Å². The smallest absolute Gasteiger partial charge is 0.355 e.